The zero-order valence-electron chi connectivity index (χ0n) is 12.4. The number of anilines is 1. The molecule has 0 fully saturated rings. The molecule has 0 aliphatic carbocycles. The molecule has 3 rings (SSSR count). The summed E-state index contributed by atoms with van der Waals surface area (Å²) in [6.07, 6.45) is 5.33. The standard InChI is InChI=1S/C16H17N5O/c1-12(22)13-7-8-14(18-11-13)17-9-4-6-16-20-19-15-5-2-3-10-21(15)16/h2-3,5,7-8,10-11H,4,6,9H2,1H3,(H,17,18). The van der Waals surface area contributed by atoms with E-state index in [4.69, 9.17) is 0 Å². The Balaban J connectivity index is 1.52. The molecule has 0 aromatic carbocycles. The molecule has 0 atom stereocenters. The van der Waals surface area contributed by atoms with Crippen LogP contribution in [0.4, 0.5) is 5.82 Å². The van der Waals surface area contributed by atoms with Crippen LogP contribution in [0.1, 0.15) is 29.5 Å². The van der Waals surface area contributed by atoms with Crippen LogP contribution in [0, 0.1) is 0 Å². The van der Waals surface area contributed by atoms with Crippen molar-refractivity contribution in [2.45, 2.75) is 19.8 Å². The van der Waals surface area contributed by atoms with Crippen molar-refractivity contribution in [3.63, 3.8) is 0 Å². The van der Waals surface area contributed by atoms with E-state index in [2.05, 4.69) is 20.5 Å². The van der Waals surface area contributed by atoms with Gasteiger partial charge in [-0.1, -0.05) is 6.07 Å². The fourth-order valence-electron chi connectivity index (χ4n) is 2.23. The average Bonchev–Trinajstić information content (AvgIpc) is 2.95. The van der Waals surface area contributed by atoms with Crippen LogP contribution < -0.4 is 5.32 Å². The molecule has 0 amide bonds. The van der Waals surface area contributed by atoms with Gasteiger partial charge in [0.05, 0.1) is 0 Å². The molecule has 3 heterocycles. The van der Waals surface area contributed by atoms with Crippen molar-refractivity contribution in [1.82, 2.24) is 19.6 Å². The molecule has 22 heavy (non-hydrogen) atoms. The van der Waals surface area contributed by atoms with Crippen LogP contribution >= 0.6 is 0 Å². The maximum Gasteiger partial charge on any atom is 0.161 e. The third-order valence-corrected chi connectivity index (χ3v) is 3.44. The molecule has 6 nitrogen and oxygen atoms in total. The summed E-state index contributed by atoms with van der Waals surface area (Å²) in [5, 5.41) is 11.6. The Morgan fingerprint density at radius 1 is 1.23 bits per heavy atom. The Kier molecular flexibility index (Phi) is 4.09. The first-order valence-corrected chi connectivity index (χ1v) is 7.23. The lowest BCUT2D eigenvalue weighted by Gasteiger charge is -2.05. The molecule has 0 saturated carbocycles. The van der Waals surface area contributed by atoms with Crippen LogP contribution in [0.2, 0.25) is 0 Å². The number of aryl methyl sites for hydroxylation is 1. The highest BCUT2D eigenvalue weighted by Crippen LogP contribution is 2.07. The summed E-state index contributed by atoms with van der Waals surface area (Å²) < 4.78 is 2.00. The number of nitrogens with zero attached hydrogens (tertiary/aromatic N) is 4. The number of hydrogen-bond donors (Lipinski definition) is 1. The second-order valence-electron chi connectivity index (χ2n) is 5.06. The van der Waals surface area contributed by atoms with E-state index in [1.165, 1.54) is 6.92 Å². The minimum atomic E-state index is 0.0257. The molecule has 1 N–H and O–H groups in total. The van der Waals surface area contributed by atoms with Crippen LogP contribution in [-0.4, -0.2) is 31.9 Å². The molecule has 112 valence electrons. The molecule has 0 saturated heterocycles. The maximum absolute atomic E-state index is 11.2. The van der Waals surface area contributed by atoms with Gasteiger partial charge in [0.1, 0.15) is 11.6 Å². The number of pyridine rings is 2. The number of fused-ring (bicyclic) bond motifs is 1. The van der Waals surface area contributed by atoms with Crippen LogP contribution in [0.25, 0.3) is 5.65 Å². The van der Waals surface area contributed by atoms with Crippen molar-refractivity contribution in [2.75, 3.05) is 11.9 Å². The van der Waals surface area contributed by atoms with Crippen molar-refractivity contribution < 1.29 is 4.79 Å². The van der Waals surface area contributed by atoms with Gasteiger partial charge in [0.2, 0.25) is 0 Å². The molecular formula is C16H17N5O. The zero-order chi connectivity index (χ0) is 15.4. The van der Waals surface area contributed by atoms with Gasteiger partial charge in [0, 0.05) is 30.9 Å². The molecule has 0 bridgehead atoms. The third-order valence-electron chi connectivity index (χ3n) is 3.44. The van der Waals surface area contributed by atoms with Gasteiger partial charge in [0.25, 0.3) is 0 Å². The van der Waals surface area contributed by atoms with Crippen molar-refractivity contribution in [3.8, 4) is 0 Å². The largest absolute Gasteiger partial charge is 0.370 e. The van der Waals surface area contributed by atoms with Crippen molar-refractivity contribution in [2.24, 2.45) is 0 Å². The van der Waals surface area contributed by atoms with Gasteiger partial charge < -0.3 is 5.32 Å². The summed E-state index contributed by atoms with van der Waals surface area (Å²) in [4.78, 5) is 15.4. The molecule has 6 heteroatoms. The van der Waals surface area contributed by atoms with Gasteiger partial charge in [-0.05, 0) is 37.6 Å². The lowest BCUT2D eigenvalue weighted by atomic mass is 10.2. The zero-order valence-corrected chi connectivity index (χ0v) is 12.4. The monoisotopic (exact) mass is 295 g/mol. The van der Waals surface area contributed by atoms with Crippen molar-refractivity contribution in [3.05, 3.63) is 54.1 Å². The van der Waals surface area contributed by atoms with Gasteiger partial charge in [-0.2, -0.15) is 0 Å². The first kappa shape index (κ1) is 14.2. The summed E-state index contributed by atoms with van der Waals surface area (Å²) in [5.41, 5.74) is 1.49. The van der Waals surface area contributed by atoms with Crippen molar-refractivity contribution >= 4 is 17.2 Å². The summed E-state index contributed by atoms with van der Waals surface area (Å²) in [7, 11) is 0. The molecule has 0 aliphatic heterocycles. The predicted octanol–water partition coefficient (Wildman–Crippen LogP) is 2.37. The van der Waals surface area contributed by atoms with Gasteiger partial charge in [-0.3, -0.25) is 9.20 Å². The number of Topliss-reactive ketones (excluding diaryl/α,β-unsaturated/α-hetero) is 1. The fraction of sp³-hybridized carbons (Fsp3) is 0.250. The van der Waals surface area contributed by atoms with Crippen LogP contribution in [-0.2, 0) is 6.42 Å². The topological polar surface area (TPSA) is 72.2 Å². The van der Waals surface area contributed by atoms with Gasteiger partial charge >= 0.3 is 0 Å². The highest BCUT2D eigenvalue weighted by atomic mass is 16.1. The second-order valence-corrected chi connectivity index (χ2v) is 5.06. The summed E-state index contributed by atoms with van der Waals surface area (Å²) in [6, 6.07) is 9.46. The lowest BCUT2D eigenvalue weighted by Crippen LogP contribution is -2.06. The minimum absolute atomic E-state index is 0.0257. The molecular weight excluding hydrogens is 278 g/mol. The Hall–Kier alpha value is -2.76. The van der Waals surface area contributed by atoms with E-state index < -0.39 is 0 Å². The number of aromatic nitrogens is 4. The molecule has 0 radical (unpaired) electrons. The first-order chi connectivity index (χ1) is 10.7. The van der Waals surface area contributed by atoms with Crippen LogP contribution in [0.3, 0.4) is 0 Å². The van der Waals surface area contributed by atoms with Crippen LogP contribution in [0.5, 0.6) is 0 Å². The highest BCUT2D eigenvalue weighted by Gasteiger charge is 2.04. The Labute approximate surface area is 128 Å². The van der Waals surface area contributed by atoms with E-state index in [0.29, 0.717) is 5.56 Å². The fourth-order valence-corrected chi connectivity index (χ4v) is 2.23. The van der Waals surface area contributed by atoms with Gasteiger partial charge in [0.15, 0.2) is 11.4 Å². The lowest BCUT2D eigenvalue weighted by molar-refractivity contribution is 0.101. The summed E-state index contributed by atoms with van der Waals surface area (Å²) in [6.45, 7) is 2.32. The first-order valence-electron chi connectivity index (χ1n) is 7.23. The SMILES string of the molecule is CC(=O)c1ccc(NCCCc2nnc3ccccn23)nc1. The molecule has 0 unspecified atom stereocenters. The second kappa shape index (κ2) is 6.34. The van der Waals surface area contributed by atoms with Crippen LogP contribution in [0.15, 0.2) is 42.7 Å². The van der Waals surface area contributed by atoms with Gasteiger partial charge in [-0.15, -0.1) is 10.2 Å². The number of rotatable bonds is 6. The van der Waals surface area contributed by atoms with Gasteiger partial charge in [-0.25, -0.2) is 4.98 Å². The Bertz CT molecular complexity index is 779. The van der Waals surface area contributed by atoms with E-state index >= 15 is 0 Å². The van der Waals surface area contributed by atoms with E-state index in [1.807, 2.05) is 34.9 Å². The highest BCUT2D eigenvalue weighted by molar-refractivity contribution is 5.93. The minimum Gasteiger partial charge on any atom is -0.370 e. The summed E-state index contributed by atoms with van der Waals surface area (Å²) >= 11 is 0. The van der Waals surface area contributed by atoms with E-state index in [1.54, 1.807) is 12.3 Å². The summed E-state index contributed by atoms with van der Waals surface area (Å²) in [5.74, 6) is 1.76. The quantitative estimate of drug-likeness (QED) is 0.558. The number of carbonyl (C=O) groups excluding carboxylic acids is 1. The number of carbonyl (C=O) groups is 1. The number of nitrogens with one attached hydrogen (secondary N) is 1. The maximum atomic E-state index is 11.2. The Morgan fingerprint density at radius 3 is 2.91 bits per heavy atom. The molecule has 0 aliphatic rings. The average molecular weight is 295 g/mol. The smallest absolute Gasteiger partial charge is 0.161 e. The number of ketones is 1. The van der Waals surface area contributed by atoms with E-state index in [0.717, 1.165) is 36.7 Å². The third kappa shape index (κ3) is 3.11. The van der Waals surface area contributed by atoms with Crippen molar-refractivity contribution in [1.29, 1.82) is 0 Å². The Morgan fingerprint density at radius 2 is 2.14 bits per heavy atom. The number of hydrogen-bond acceptors (Lipinski definition) is 5. The van der Waals surface area contributed by atoms with E-state index in [9.17, 15) is 4.79 Å². The normalized spacial score (nSPS) is 10.8. The predicted molar refractivity (Wildman–Crippen MR) is 84.0 cm³/mol. The van der Waals surface area contributed by atoms with E-state index in [-0.39, 0.29) is 5.78 Å². The molecule has 3 aromatic heterocycles. The molecule has 3 aromatic rings. The molecule has 0 spiro atoms.